The molecule has 0 saturated carbocycles. The number of amides is 2. The van der Waals surface area contributed by atoms with Crippen LogP contribution in [0, 0.1) is 5.41 Å². The number of hydrogen-bond acceptors (Lipinski definition) is 4. The van der Waals surface area contributed by atoms with Crippen molar-refractivity contribution in [3.05, 3.63) is 0 Å². The molecule has 0 aromatic rings. The Kier molecular flexibility index (Phi) is 6.06. The van der Waals surface area contributed by atoms with E-state index in [0.717, 1.165) is 52.1 Å². The quantitative estimate of drug-likeness (QED) is 0.714. The predicted octanol–water partition coefficient (Wildman–Crippen LogP) is 1.12. The number of nitrogens with zero attached hydrogens (tertiary/aromatic N) is 3. The van der Waals surface area contributed by atoms with Crippen LogP contribution >= 0.6 is 0 Å². The first kappa shape index (κ1) is 17.5. The van der Waals surface area contributed by atoms with Crippen LogP contribution in [0.3, 0.4) is 0 Å². The fourth-order valence-corrected chi connectivity index (χ4v) is 3.47. The van der Waals surface area contributed by atoms with E-state index in [2.05, 4.69) is 4.90 Å². The first-order valence-corrected chi connectivity index (χ1v) is 8.25. The molecule has 0 aromatic carbocycles. The molecular weight excluding hydrogens is 282 g/mol. The summed E-state index contributed by atoms with van der Waals surface area (Å²) in [6.45, 7) is 4.69. The molecule has 2 heterocycles. The highest BCUT2D eigenvalue weighted by molar-refractivity contribution is 5.74. The monoisotopic (exact) mass is 313 g/mol. The summed E-state index contributed by atoms with van der Waals surface area (Å²) >= 11 is 0. The van der Waals surface area contributed by atoms with Crippen LogP contribution in [-0.2, 0) is 9.47 Å². The molecule has 2 aliphatic rings. The SMILES string of the molecule is CN(C)CCOC[C@]12CCCO[C@@H]1CCN(C(=O)N(C)C)C2. The lowest BCUT2D eigenvalue weighted by atomic mass is 9.73. The highest BCUT2D eigenvalue weighted by Gasteiger charge is 2.47. The smallest absolute Gasteiger partial charge is 0.319 e. The van der Waals surface area contributed by atoms with Crippen molar-refractivity contribution in [1.82, 2.24) is 14.7 Å². The van der Waals surface area contributed by atoms with Gasteiger partial charge >= 0.3 is 6.03 Å². The van der Waals surface area contributed by atoms with E-state index in [1.165, 1.54) is 0 Å². The Morgan fingerprint density at radius 2 is 2.14 bits per heavy atom. The molecule has 2 amide bonds. The third kappa shape index (κ3) is 4.12. The van der Waals surface area contributed by atoms with Gasteiger partial charge in [0.15, 0.2) is 0 Å². The molecule has 2 aliphatic heterocycles. The molecule has 0 aromatic heterocycles. The molecule has 0 unspecified atom stereocenters. The van der Waals surface area contributed by atoms with E-state index in [0.29, 0.717) is 6.61 Å². The summed E-state index contributed by atoms with van der Waals surface area (Å²) in [5.41, 5.74) is -0.0333. The third-order valence-corrected chi connectivity index (χ3v) is 4.71. The fraction of sp³-hybridized carbons (Fsp3) is 0.938. The van der Waals surface area contributed by atoms with E-state index < -0.39 is 0 Å². The summed E-state index contributed by atoms with van der Waals surface area (Å²) in [5.74, 6) is 0. The Morgan fingerprint density at radius 3 is 2.82 bits per heavy atom. The van der Waals surface area contributed by atoms with Crippen molar-refractivity contribution in [2.45, 2.75) is 25.4 Å². The number of carbonyl (C=O) groups excluding carboxylic acids is 1. The van der Waals surface area contributed by atoms with Crippen molar-refractivity contribution in [3.8, 4) is 0 Å². The standard InChI is InChI=1S/C16H31N3O3/c1-17(2)9-11-21-13-16-7-5-10-22-14(16)6-8-19(12-16)15(20)18(3)4/h14H,5-13H2,1-4H3/t14-,16-/m1/s1. The van der Waals surface area contributed by atoms with E-state index in [-0.39, 0.29) is 17.6 Å². The molecule has 22 heavy (non-hydrogen) atoms. The van der Waals surface area contributed by atoms with Gasteiger partial charge in [-0.05, 0) is 33.4 Å². The van der Waals surface area contributed by atoms with Gasteiger partial charge in [-0.15, -0.1) is 0 Å². The molecule has 0 aliphatic carbocycles. The fourth-order valence-electron chi connectivity index (χ4n) is 3.47. The van der Waals surface area contributed by atoms with Gasteiger partial charge in [0.05, 0.1) is 19.3 Å². The van der Waals surface area contributed by atoms with Crippen molar-refractivity contribution in [3.63, 3.8) is 0 Å². The minimum atomic E-state index is -0.0333. The van der Waals surface area contributed by atoms with Gasteiger partial charge in [0.25, 0.3) is 0 Å². The lowest BCUT2D eigenvalue weighted by Crippen LogP contribution is -2.59. The molecule has 6 heteroatoms. The first-order chi connectivity index (χ1) is 10.4. The maximum atomic E-state index is 12.3. The summed E-state index contributed by atoms with van der Waals surface area (Å²) in [6.07, 6.45) is 3.28. The lowest BCUT2D eigenvalue weighted by molar-refractivity contribution is -0.147. The number of carbonyl (C=O) groups is 1. The van der Waals surface area contributed by atoms with Crippen molar-refractivity contribution in [2.24, 2.45) is 5.41 Å². The average molecular weight is 313 g/mol. The van der Waals surface area contributed by atoms with Gasteiger partial charge < -0.3 is 24.2 Å². The summed E-state index contributed by atoms with van der Waals surface area (Å²) in [6, 6.07) is 0.0942. The first-order valence-electron chi connectivity index (χ1n) is 8.25. The van der Waals surface area contributed by atoms with Crippen LogP contribution in [0.2, 0.25) is 0 Å². The zero-order valence-corrected chi connectivity index (χ0v) is 14.5. The van der Waals surface area contributed by atoms with Gasteiger partial charge in [0.2, 0.25) is 0 Å². The molecule has 0 radical (unpaired) electrons. The van der Waals surface area contributed by atoms with Crippen molar-refractivity contribution < 1.29 is 14.3 Å². The van der Waals surface area contributed by atoms with Crippen LogP contribution in [0.25, 0.3) is 0 Å². The van der Waals surface area contributed by atoms with Crippen LogP contribution in [0.4, 0.5) is 4.79 Å². The number of ether oxygens (including phenoxy) is 2. The lowest BCUT2D eigenvalue weighted by Gasteiger charge is -2.50. The van der Waals surface area contributed by atoms with E-state index in [1.807, 2.05) is 33.1 Å². The maximum Gasteiger partial charge on any atom is 0.319 e. The van der Waals surface area contributed by atoms with Crippen LogP contribution in [-0.4, -0.2) is 94.5 Å². The van der Waals surface area contributed by atoms with Crippen molar-refractivity contribution in [2.75, 3.05) is 67.6 Å². The summed E-state index contributed by atoms with van der Waals surface area (Å²) in [5, 5.41) is 0. The van der Waals surface area contributed by atoms with Gasteiger partial charge in [-0.3, -0.25) is 0 Å². The summed E-state index contributed by atoms with van der Waals surface area (Å²) in [4.78, 5) is 18.0. The molecule has 0 N–H and O–H groups in total. The van der Waals surface area contributed by atoms with Gasteiger partial charge in [-0.25, -0.2) is 4.79 Å². The van der Waals surface area contributed by atoms with Crippen LogP contribution in [0.5, 0.6) is 0 Å². The predicted molar refractivity (Wildman–Crippen MR) is 86.1 cm³/mol. The van der Waals surface area contributed by atoms with Gasteiger partial charge in [0.1, 0.15) is 0 Å². The Balaban J connectivity index is 1.99. The zero-order chi connectivity index (χ0) is 16.2. The Bertz CT molecular complexity index is 376. The van der Waals surface area contributed by atoms with Crippen LogP contribution < -0.4 is 0 Å². The second-order valence-corrected chi connectivity index (χ2v) is 7.07. The highest BCUT2D eigenvalue weighted by Crippen LogP contribution is 2.40. The number of hydrogen-bond donors (Lipinski definition) is 0. The summed E-state index contributed by atoms with van der Waals surface area (Å²) in [7, 11) is 7.72. The highest BCUT2D eigenvalue weighted by atomic mass is 16.5. The van der Waals surface area contributed by atoms with E-state index in [9.17, 15) is 4.79 Å². The minimum absolute atomic E-state index is 0.0333. The number of piperidine rings is 1. The van der Waals surface area contributed by atoms with E-state index in [1.54, 1.807) is 4.90 Å². The number of rotatable bonds is 5. The Labute approximate surface area is 134 Å². The third-order valence-electron chi connectivity index (χ3n) is 4.71. The maximum absolute atomic E-state index is 12.3. The van der Waals surface area contributed by atoms with Crippen molar-refractivity contribution >= 4 is 6.03 Å². The number of urea groups is 1. The Morgan fingerprint density at radius 1 is 1.36 bits per heavy atom. The topological polar surface area (TPSA) is 45.3 Å². The van der Waals surface area contributed by atoms with Gasteiger partial charge in [0, 0.05) is 45.8 Å². The molecule has 128 valence electrons. The largest absolute Gasteiger partial charge is 0.379 e. The molecule has 2 saturated heterocycles. The molecule has 0 bridgehead atoms. The van der Waals surface area contributed by atoms with Crippen LogP contribution in [0.15, 0.2) is 0 Å². The number of likely N-dealkylation sites (N-methyl/N-ethyl adjacent to an activating group) is 1. The average Bonchev–Trinajstić information content (AvgIpc) is 2.50. The van der Waals surface area contributed by atoms with Gasteiger partial charge in [-0.1, -0.05) is 0 Å². The van der Waals surface area contributed by atoms with E-state index >= 15 is 0 Å². The zero-order valence-electron chi connectivity index (χ0n) is 14.5. The molecule has 2 atom stereocenters. The van der Waals surface area contributed by atoms with Gasteiger partial charge in [-0.2, -0.15) is 0 Å². The minimum Gasteiger partial charge on any atom is -0.379 e. The summed E-state index contributed by atoms with van der Waals surface area (Å²) < 4.78 is 12.0. The second kappa shape index (κ2) is 7.62. The molecule has 2 fully saturated rings. The van der Waals surface area contributed by atoms with Crippen molar-refractivity contribution in [1.29, 1.82) is 0 Å². The number of fused-ring (bicyclic) bond motifs is 1. The molecular formula is C16H31N3O3. The second-order valence-electron chi connectivity index (χ2n) is 7.07. The molecule has 6 nitrogen and oxygen atoms in total. The number of likely N-dealkylation sites (tertiary alicyclic amines) is 1. The van der Waals surface area contributed by atoms with Crippen LogP contribution in [0.1, 0.15) is 19.3 Å². The van der Waals surface area contributed by atoms with E-state index in [4.69, 9.17) is 9.47 Å². The molecule has 0 spiro atoms. The normalized spacial score (nSPS) is 28.6. The molecule has 2 rings (SSSR count). The Hall–Kier alpha value is -0.850.